The highest BCUT2D eigenvalue weighted by Crippen LogP contribution is 1.99. The summed E-state index contributed by atoms with van der Waals surface area (Å²) in [4.78, 5) is 10.8. The van der Waals surface area contributed by atoms with E-state index in [-0.39, 0.29) is 12.1 Å². The molecule has 0 amide bonds. The van der Waals surface area contributed by atoms with Crippen LogP contribution in [0, 0.1) is 0 Å². The monoisotopic (exact) mass is 172 g/mol. The highest BCUT2D eigenvalue weighted by molar-refractivity contribution is 5.81. The fraction of sp³-hybridized carbons (Fsp3) is 0.667. The van der Waals surface area contributed by atoms with Crippen molar-refractivity contribution in [2.75, 3.05) is 27.7 Å². The predicted octanol–water partition coefficient (Wildman–Crippen LogP) is 0.810. The van der Waals surface area contributed by atoms with Crippen LogP contribution >= 0.6 is 0 Å². The summed E-state index contributed by atoms with van der Waals surface area (Å²) in [6, 6.07) is 0. The van der Waals surface area contributed by atoms with E-state index < -0.39 is 0 Å². The topological polar surface area (TPSA) is 26.3 Å². The summed E-state index contributed by atoms with van der Waals surface area (Å²) in [5, 5.41) is 0. The zero-order valence-electron chi connectivity index (χ0n) is 8.33. The van der Waals surface area contributed by atoms with Crippen LogP contribution in [-0.2, 0) is 9.53 Å². The summed E-state index contributed by atoms with van der Waals surface area (Å²) in [7, 11) is 6.16. The minimum Gasteiger partial charge on any atom is -0.454 e. The Morgan fingerprint density at radius 3 is 2.42 bits per heavy atom. The van der Waals surface area contributed by atoms with Crippen LogP contribution in [0.3, 0.4) is 0 Å². The minimum atomic E-state index is -0.351. The van der Waals surface area contributed by atoms with Crippen molar-refractivity contribution in [3.8, 4) is 0 Å². The van der Waals surface area contributed by atoms with E-state index >= 15 is 0 Å². The van der Waals surface area contributed by atoms with Crippen molar-refractivity contribution in [2.45, 2.75) is 13.0 Å². The van der Waals surface area contributed by atoms with Crippen molar-refractivity contribution in [3.05, 3.63) is 12.7 Å². The molecule has 0 heterocycles. The molecule has 12 heavy (non-hydrogen) atoms. The lowest BCUT2D eigenvalue weighted by Crippen LogP contribution is -2.41. The second-order valence-electron chi connectivity index (χ2n) is 3.92. The first-order chi connectivity index (χ1) is 5.35. The molecule has 0 bridgehead atoms. The van der Waals surface area contributed by atoms with Gasteiger partial charge in [-0.05, 0) is 6.92 Å². The molecule has 3 nitrogen and oxygen atoms in total. The zero-order chi connectivity index (χ0) is 9.78. The Hall–Kier alpha value is -0.830. The van der Waals surface area contributed by atoms with E-state index in [0.29, 0.717) is 0 Å². The van der Waals surface area contributed by atoms with E-state index in [4.69, 9.17) is 4.74 Å². The molecule has 0 rings (SSSR count). The molecule has 70 valence electrons. The molecule has 0 aromatic rings. The van der Waals surface area contributed by atoms with Gasteiger partial charge >= 0.3 is 5.97 Å². The van der Waals surface area contributed by atoms with Gasteiger partial charge in [-0.15, -0.1) is 0 Å². The number of likely N-dealkylation sites (N-methyl/N-ethyl adjacent to an activating group) is 1. The van der Waals surface area contributed by atoms with Gasteiger partial charge in [-0.3, -0.25) is 0 Å². The second kappa shape index (κ2) is 4.26. The van der Waals surface area contributed by atoms with Crippen LogP contribution < -0.4 is 0 Å². The fourth-order valence-electron chi connectivity index (χ4n) is 1.05. The van der Waals surface area contributed by atoms with Gasteiger partial charge in [0, 0.05) is 6.08 Å². The molecule has 0 N–H and O–H groups in total. The fourth-order valence-corrected chi connectivity index (χ4v) is 1.05. The number of esters is 1. The number of carbonyl (C=O) groups is 1. The molecule has 0 aliphatic rings. The molecule has 1 atom stereocenters. The van der Waals surface area contributed by atoms with Gasteiger partial charge in [-0.1, -0.05) is 6.58 Å². The number of ether oxygens (including phenoxy) is 1. The molecule has 3 heteroatoms. The highest BCUT2D eigenvalue weighted by atomic mass is 16.5. The number of hydrogen-bond acceptors (Lipinski definition) is 2. The zero-order valence-corrected chi connectivity index (χ0v) is 8.33. The van der Waals surface area contributed by atoms with Crippen molar-refractivity contribution in [1.29, 1.82) is 0 Å². The van der Waals surface area contributed by atoms with Crippen molar-refractivity contribution >= 4 is 5.97 Å². The largest absolute Gasteiger partial charge is 0.454 e. The normalized spacial score (nSPS) is 13.7. The molecule has 0 saturated heterocycles. The second-order valence-corrected chi connectivity index (χ2v) is 3.92. The number of quaternary nitrogens is 1. The van der Waals surface area contributed by atoms with Crippen LogP contribution in [0.25, 0.3) is 0 Å². The Bertz CT molecular complexity index is 170. The number of nitrogens with zero attached hydrogens (tertiary/aromatic N) is 1. The van der Waals surface area contributed by atoms with Gasteiger partial charge in [-0.25, -0.2) is 4.79 Å². The van der Waals surface area contributed by atoms with Crippen LogP contribution in [0.2, 0.25) is 0 Å². The predicted molar refractivity (Wildman–Crippen MR) is 48.7 cm³/mol. The summed E-state index contributed by atoms with van der Waals surface area (Å²) in [5.74, 6) is -0.351. The van der Waals surface area contributed by atoms with Crippen molar-refractivity contribution in [3.63, 3.8) is 0 Å². The third-order valence-corrected chi connectivity index (χ3v) is 1.29. The van der Waals surface area contributed by atoms with Gasteiger partial charge in [0.1, 0.15) is 12.6 Å². The molecule has 0 fully saturated rings. The third kappa shape index (κ3) is 5.92. The first-order valence-electron chi connectivity index (χ1n) is 3.98. The average Bonchev–Trinajstić information content (AvgIpc) is 1.82. The lowest BCUT2D eigenvalue weighted by Gasteiger charge is -2.26. The van der Waals surface area contributed by atoms with Crippen LogP contribution in [0.4, 0.5) is 0 Å². The summed E-state index contributed by atoms with van der Waals surface area (Å²) in [6.07, 6.45) is 1.13. The summed E-state index contributed by atoms with van der Waals surface area (Å²) >= 11 is 0. The Morgan fingerprint density at radius 1 is 1.58 bits per heavy atom. The molecule has 0 radical (unpaired) electrons. The SMILES string of the molecule is C=CC(=O)OC(C)C[N+](C)(C)C. The van der Waals surface area contributed by atoms with Gasteiger partial charge < -0.3 is 9.22 Å². The van der Waals surface area contributed by atoms with Gasteiger partial charge in [0.2, 0.25) is 0 Å². The summed E-state index contributed by atoms with van der Waals surface area (Å²) in [6.45, 7) is 6.02. The van der Waals surface area contributed by atoms with Crippen LogP contribution in [0.15, 0.2) is 12.7 Å². The molecular formula is C9H18NO2+. The van der Waals surface area contributed by atoms with Crippen LogP contribution in [-0.4, -0.2) is 44.2 Å². The lowest BCUT2D eigenvalue weighted by molar-refractivity contribution is -0.873. The Kier molecular flexibility index (Phi) is 3.96. The summed E-state index contributed by atoms with van der Waals surface area (Å²) < 4.78 is 5.79. The number of rotatable bonds is 4. The molecule has 0 aromatic carbocycles. The van der Waals surface area contributed by atoms with E-state index in [1.165, 1.54) is 6.08 Å². The molecule has 0 spiro atoms. The molecular weight excluding hydrogens is 154 g/mol. The molecule has 0 aromatic heterocycles. The number of hydrogen-bond donors (Lipinski definition) is 0. The smallest absolute Gasteiger partial charge is 0.330 e. The molecule has 0 aliphatic carbocycles. The quantitative estimate of drug-likeness (QED) is 0.356. The first kappa shape index (κ1) is 11.2. The van der Waals surface area contributed by atoms with E-state index in [9.17, 15) is 4.79 Å². The van der Waals surface area contributed by atoms with Gasteiger partial charge in [-0.2, -0.15) is 0 Å². The van der Waals surface area contributed by atoms with Crippen LogP contribution in [0.5, 0.6) is 0 Å². The molecule has 0 saturated carbocycles. The van der Waals surface area contributed by atoms with Crippen molar-refractivity contribution in [2.24, 2.45) is 0 Å². The minimum absolute atomic E-state index is 0.0597. The van der Waals surface area contributed by atoms with E-state index in [2.05, 4.69) is 27.7 Å². The van der Waals surface area contributed by atoms with E-state index in [1.54, 1.807) is 0 Å². The lowest BCUT2D eigenvalue weighted by atomic mass is 10.3. The molecule has 1 unspecified atom stereocenters. The summed E-state index contributed by atoms with van der Waals surface area (Å²) in [5.41, 5.74) is 0. The van der Waals surface area contributed by atoms with Crippen molar-refractivity contribution in [1.82, 2.24) is 0 Å². The number of carbonyl (C=O) groups excluding carboxylic acids is 1. The van der Waals surface area contributed by atoms with Gasteiger partial charge in [0.25, 0.3) is 0 Å². The van der Waals surface area contributed by atoms with Gasteiger partial charge in [0.15, 0.2) is 0 Å². The van der Waals surface area contributed by atoms with Gasteiger partial charge in [0.05, 0.1) is 21.1 Å². The standard InChI is InChI=1S/C9H18NO2/c1-6-9(11)12-8(2)7-10(3,4)5/h6,8H,1,7H2,2-5H3/q+1. The maximum atomic E-state index is 10.8. The maximum Gasteiger partial charge on any atom is 0.330 e. The van der Waals surface area contributed by atoms with Crippen LogP contribution in [0.1, 0.15) is 6.92 Å². The molecule has 0 aliphatic heterocycles. The Morgan fingerprint density at radius 2 is 2.08 bits per heavy atom. The Balaban J connectivity index is 3.82. The average molecular weight is 172 g/mol. The highest BCUT2D eigenvalue weighted by Gasteiger charge is 2.15. The van der Waals surface area contributed by atoms with Crippen molar-refractivity contribution < 1.29 is 14.0 Å². The van der Waals surface area contributed by atoms with E-state index in [1.807, 2.05) is 6.92 Å². The maximum absolute atomic E-state index is 10.8. The Labute approximate surface area is 74.2 Å². The third-order valence-electron chi connectivity index (χ3n) is 1.29. The van der Waals surface area contributed by atoms with E-state index in [0.717, 1.165) is 11.0 Å². The first-order valence-corrected chi connectivity index (χ1v) is 3.98.